The van der Waals surface area contributed by atoms with Crippen molar-refractivity contribution in [2.45, 2.75) is 47.2 Å². The summed E-state index contributed by atoms with van der Waals surface area (Å²) in [5.74, 6) is 0.925. The summed E-state index contributed by atoms with van der Waals surface area (Å²) in [5.41, 5.74) is 7.51. The van der Waals surface area contributed by atoms with Crippen LogP contribution in [0.2, 0.25) is 0 Å². The minimum Gasteiger partial charge on any atom is -0.493 e. The van der Waals surface area contributed by atoms with Crippen LogP contribution in [0.5, 0.6) is 17.2 Å². The second-order valence-corrected chi connectivity index (χ2v) is 8.77. The van der Waals surface area contributed by atoms with Crippen molar-refractivity contribution in [1.29, 1.82) is 0 Å². The van der Waals surface area contributed by atoms with E-state index in [-0.39, 0.29) is 0 Å². The van der Waals surface area contributed by atoms with Gasteiger partial charge in [-0.05, 0) is 63.4 Å². The summed E-state index contributed by atoms with van der Waals surface area (Å²) in [4.78, 5) is 12.2. The molecular weight excluding hydrogens is 444 g/mol. The predicted octanol–water partition coefficient (Wildman–Crippen LogP) is 4.83. The first-order valence-corrected chi connectivity index (χ1v) is 11.7. The number of carbonyl (C=O) groups is 1. The standard InChI is InChI=1S/C28H36N2O5/c1-17-8-9-18(2)22(14-17)16-30-19(3)23(25(20(30)4)28(31)32)15-29-13-12-21-10-11-24(33-5)27(35-7)26(21)34-6/h8-11,14,29H,12-13,15-16H2,1-7H3,(H,31,32). The van der Waals surface area contributed by atoms with E-state index in [0.29, 0.717) is 48.9 Å². The molecule has 0 radical (unpaired) electrons. The van der Waals surface area contributed by atoms with Crippen molar-refractivity contribution in [2.24, 2.45) is 0 Å². The van der Waals surface area contributed by atoms with Gasteiger partial charge in [-0.25, -0.2) is 4.79 Å². The SMILES string of the molecule is COc1ccc(CCNCc2c(C(=O)O)c(C)n(Cc3cc(C)ccc3C)c2C)c(OC)c1OC. The van der Waals surface area contributed by atoms with Crippen LogP contribution in [0.25, 0.3) is 0 Å². The molecule has 0 saturated heterocycles. The van der Waals surface area contributed by atoms with Gasteiger partial charge < -0.3 is 29.2 Å². The molecular formula is C28H36N2O5. The molecule has 0 aliphatic rings. The molecule has 3 aromatic rings. The van der Waals surface area contributed by atoms with Gasteiger partial charge in [-0.2, -0.15) is 0 Å². The number of nitrogens with zero attached hydrogens (tertiary/aromatic N) is 1. The van der Waals surface area contributed by atoms with Gasteiger partial charge in [0.2, 0.25) is 5.75 Å². The Morgan fingerprint density at radius 3 is 2.26 bits per heavy atom. The molecule has 2 N–H and O–H groups in total. The Balaban J connectivity index is 1.79. The number of methoxy groups -OCH3 is 3. The number of hydrogen-bond acceptors (Lipinski definition) is 5. The number of carboxylic acids is 1. The summed E-state index contributed by atoms with van der Waals surface area (Å²) in [7, 11) is 4.79. The third kappa shape index (κ3) is 5.46. The van der Waals surface area contributed by atoms with E-state index in [4.69, 9.17) is 14.2 Å². The number of benzene rings is 2. The van der Waals surface area contributed by atoms with Crippen LogP contribution in [0.3, 0.4) is 0 Å². The maximum atomic E-state index is 12.2. The molecule has 7 nitrogen and oxygen atoms in total. The first-order valence-electron chi connectivity index (χ1n) is 11.7. The van der Waals surface area contributed by atoms with Gasteiger partial charge in [0.05, 0.1) is 26.9 Å². The van der Waals surface area contributed by atoms with Gasteiger partial charge >= 0.3 is 5.97 Å². The van der Waals surface area contributed by atoms with Crippen molar-refractivity contribution in [3.05, 3.63) is 75.1 Å². The molecule has 0 aliphatic heterocycles. The highest BCUT2D eigenvalue weighted by Crippen LogP contribution is 2.39. The third-order valence-electron chi connectivity index (χ3n) is 6.62. The zero-order chi connectivity index (χ0) is 25.7. The normalized spacial score (nSPS) is 10.9. The van der Waals surface area contributed by atoms with Gasteiger partial charge in [0.25, 0.3) is 0 Å². The van der Waals surface area contributed by atoms with Crippen LogP contribution in [0.1, 0.15) is 49.6 Å². The van der Waals surface area contributed by atoms with E-state index < -0.39 is 5.97 Å². The molecule has 0 amide bonds. The lowest BCUT2D eigenvalue weighted by molar-refractivity contribution is 0.0694. The van der Waals surface area contributed by atoms with Crippen molar-refractivity contribution in [2.75, 3.05) is 27.9 Å². The number of aryl methyl sites for hydroxylation is 2. The van der Waals surface area contributed by atoms with E-state index >= 15 is 0 Å². The molecule has 0 fully saturated rings. The van der Waals surface area contributed by atoms with Crippen LogP contribution >= 0.6 is 0 Å². The summed E-state index contributed by atoms with van der Waals surface area (Å²) in [6, 6.07) is 10.2. The lowest BCUT2D eigenvalue weighted by Crippen LogP contribution is -2.19. The highest BCUT2D eigenvalue weighted by molar-refractivity contribution is 5.91. The van der Waals surface area contributed by atoms with E-state index in [0.717, 1.165) is 22.5 Å². The Bertz CT molecular complexity index is 1210. The fraction of sp³-hybridized carbons (Fsp3) is 0.393. The fourth-order valence-corrected chi connectivity index (χ4v) is 4.62. The Labute approximate surface area is 207 Å². The average molecular weight is 481 g/mol. The Morgan fingerprint density at radius 2 is 1.63 bits per heavy atom. The monoisotopic (exact) mass is 480 g/mol. The minimum atomic E-state index is -0.899. The lowest BCUT2D eigenvalue weighted by Gasteiger charge is -2.16. The topological polar surface area (TPSA) is 82.0 Å². The van der Waals surface area contributed by atoms with E-state index in [9.17, 15) is 9.90 Å². The fourth-order valence-electron chi connectivity index (χ4n) is 4.62. The maximum Gasteiger partial charge on any atom is 0.337 e. The van der Waals surface area contributed by atoms with E-state index in [2.05, 4.69) is 41.9 Å². The first-order chi connectivity index (χ1) is 16.7. The summed E-state index contributed by atoms with van der Waals surface area (Å²) >= 11 is 0. The molecule has 3 rings (SSSR count). The predicted molar refractivity (Wildman–Crippen MR) is 137 cm³/mol. The molecule has 0 aliphatic carbocycles. The molecule has 0 bridgehead atoms. The molecule has 7 heteroatoms. The molecule has 35 heavy (non-hydrogen) atoms. The van der Waals surface area contributed by atoms with Gasteiger partial charge in [-0.15, -0.1) is 0 Å². The first kappa shape index (κ1) is 26.2. The Morgan fingerprint density at radius 1 is 0.914 bits per heavy atom. The summed E-state index contributed by atoms with van der Waals surface area (Å²) in [5, 5.41) is 13.4. The number of nitrogens with one attached hydrogen (secondary N) is 1. The van der Waals surface area contributed by atoms with Gasteiger partial charge in [-0.3, -0.25) is 0 Å². The number of carboxylic acid groups (broad SMARTS) is 1. The van der Waals surface area contributed by atoms with Crippen LogP contribution in [0, 0.1) is 27.7 Å². The smallest absolute Gasteiger partial charge is 0.337 e. The molecule has 2 aromatic carbocycles. The van der Waals surface area contributed by atoms with Crippen LogP contribution in [0.4, 0.5) is 0 Å². The van der Waals surface area contributed by atoms with Gasteiger partial charge in [0.1, 0.15) is 0 Å². The van der Waals surface area contributed by atoms with Crippen molar-refractivity contribution in [3.63, 3.8) is 0 Å². The Kier molecular flexibility index (Phi) is 8.46. The minimum absolute atomic E-state index is 0.379. The van der Waals surface area contributed by atoms with Crippen molar-refractivity contribution in [1.82, 2.24) is 9.88 Å². The Hall–Kier alpha value is -3.45. The second kappa shape index (κ2) is 11.3. The largest absolute Gasteiger partial charge is 0.493 e. The summed E-state index contributed by atoms with van der Waals surface area (Å²) in [6.07, 6.45) is 0.688. The number of ether oxygens (including phenoxy) is 3. The average Bonchev–Trinajstić information content (AvgIpc) is 3.07. The molecule has 1 aromatic heterocycles. The molecule has 0 saturated carbocycles. The van der Waals surface area contributed by atoms with Crippen molar-refractivity contribution < 1.29 is 24.1 Å². The zero-order valence-electron chi connectivity index (χ0n) is 21.7. The molecule has 0 atom stereocenters. The molecule has 0 unspecified atom stereocenters. The van der Waals surface area contributed by atoms with Crippen LogP contribution in [-0.2, 0) is 19.5 Å². The highest BCUT2D eigenvalue weighted by atomic mass is 16.5. The van der Waals surface area contributed by atoms with Gasteiger partial charge in [0, 0.05) is 30.0 Å². The van der Waals surface area contributed by atoms with E-state index in [1.807, 2.05) is 26.0 Å². The van der Waals surface area contributed by atoms with E-state index in [1.165, 1.54) is 16.7 Å². The molecule has 1 heterocycles. The quantitative estimate of drug-likeness (QED) is 0.383. The van der Waals surface area contributed by atoms with E-state index in [1.54, 1.807) is 21.3 Å². The summed E-state index contributed by atoms with van der Waals surface area (Å²) in [6.45, 7) is 9.80. The van der Waals surface area contributed by atoms with Crippen molar-refractivity contribution >= 4 is 5.97 Å². The second-order valence-electron chi connectivity index (χ2n) is 8.77. The van der Waals surface area contributed by atoms with Gasteiger partial charge in [-0.1, -0.05) is 29.8 Å². The zero-order valence-corrected chi connectivity index (χ0v) is 21.7. The molecule has 0 spiro atoms. The van der Waals surface area contributed by atoms with Crippen LogP contribution in [-0.4, -0.2) is 43.5 Å². The third-order valence-corrected chi connectivity index (χ3v) is 6.62. The number of hydrogen-bond donors (Lipinski definition) is 2. The van der Waals surface area contributed by atoms with Crippen molar-refractivity contribution in [3.8, 4) is 17.2 Å². The maximum absolute atomic E-state index is 12.2. The number of aromatic nitrogens is 1. The van der Waals surface area contributed by atoms with Gasteiger partial charge in [0.15, 0.2) is 11.5 Å². The van der Waals surface area contributed by atoms with Crippen LogP contribution < -0.4 is 19.5 Å². The molecule has 188 valence electrons. The number of aromatic carboxylic acids is 1. The number of rotatable bonds is 11. The highest BCUT2D eigenvalue weighted by Gasteiger charge is 2.23. The summed E-state index contributed by atoms with van der Waals surface area (Å²) < 4.78 is 18.5. The lowest BCUT2D eigenvalue weighted by atomic mass is 10.1. The van der Waals surface area contributed by atoms with Crippen LogP contribution in [0.15, 0.2) is 30.3 Å².